The van der Waals surface area contributed by atoms with Gasteiger partial charge in [-0.1, -0.05) is 18.2 Å². The van der Waals surface area contributed by atoms with Gasteiger partial charge in [0.05, 0.1) is 0 Å². The molecule has 0 bridgehead atoms. The second kappa shape index (κ2) is 10.0. The molecule has 0 saturated carbocycles. The van der Waals surface area contributed by atoms with Crippen LogP contribution in [-0.4, -0.2) is 27.5 Å². The molecule has 3 N–H and O–H groups in total. The highest BCUT2D eigenvalue weighted by Gasteiger charge is 2.05. The lowest BCUT2D eigenvalue weighted by Gasteiger charge is -2.10. The van der Waals surface area contributed by atoms with Gasteiger partial charge in [-0.2, -0.15) is 0 Å². The largest absolute Gasteiger partial charge is 0.484 e. The molecule has 0 spiro atoms. The van der Waals surface area contributed by atoms with Crippen LogP contribution in [-0.2, 0) is 4.79 Å². The molecule has 0 aliphatic carbocycles. The monoisotopic (exact) mass is 426 g/mol. The van der Waals surface area contributed by atoms with E-state index < -0.39 is 0 Å². The summed E-state index contributed by atoms with van der Waals surface area (Å²) in [6, 6.07) is 22.2. The SMILES string of the molecule is Cc1ccnc(Nc2cc(Nc3ccc(NC(=O)COc4ccccc4)cc3)ncn2)c1. The topological polar surface area (TPSA) is 101 Å². The number of aromatic nitrogens is 3. The van der Waals surface area contributed by atoms with Crippen molar-refractivity contribution in [2.75, 3.05) is 22.6 Å². The molecule has 0 fully saturated rings. The number of hydrogen-bond donors (Lipinski definition) is 3. The van der Waals surface area contributed by atoms with E-state index >= 15 is 0 Å². The van der Waals surface area contributed by atoms with Gasteiger partial charge in [0.2, 0.25) is 0 Å². The van der Waals surface area contributed by atoms with Crippen LogP contribution >= 0.6 is 0 Å². The fourth-order valence-electron chi connectivity index (χ4n) is 2.88. The molecule has 8 nitrogen and oxygen atoms in total. The standard InChI is InChI=1S/C24H22N6O2/c1-17-11-12-25-21(13-17)30-23-14-22(26-16-27-23)28-18-7-9-19(10-8-18)29-24(31)15-32-20-5-3-2-4-6-20/h2-14,16H,15H2,1H3,(H,29,31)(H2,25,26,27,28,30). The second-order valence-electron chi connectivity index (χ2n) is 6.98. The van der Waals surface area contributed by atoms with Crippen molar-refractivity contribution in [1.82, 2.24) is 15.0 Å². The van der Waals surface area contributed by atoms with Crippen molar-refractivity contribution in [1.29, 1.82) is 0 Å². The van der Waals surface area contributed by atoms with E-state index in [4.69, 9.17) is 4.74 Å². The minimum absolute atomic E-state index is 0.0590. The summed E-state index contributed by atoms with van der Waals surface area (Å²) in [5.41, 5.74) is 2.60. The first kappa shape index (κ1) is 20.8. The number of carbonyl (C=O) groups excluding carboxylic acids is 1. The van der Waals surface area contributed by atoms with E-state index in [0.717, 1.165) is 11.3 Å². The molecule has 32 heavy (non-hydrogen) atoms. The number of anilines is 5. The highest BCUT2D eigenvalue weighted by Crippen LogP contribution is 2.20. The number of ether oxygens (including phenoxy) is 1. The third-order valence-electron chi connectivity index (χ3n) is 4.39. The fraction of sp³-hybridized carbons (Fsp3) is 0.0833. The van der Waals surface area contributed by atoms with Crippen molar-refractivity contribution in [2.45, 2.75) is 6.92 Å². The van der Waals surface area contributed by atoms with Gasteiger partial charge in [0.25, 0.3) is 5.91 Å². The van der Waals surface area contributed by atoms with Crippen molar-refractivity contribution >= 4 is 34.7 Å². The Morgan fingerprint density at radius 1 is 0.812 bits per heavy atom. The van der Waals surface area contributed by atoms with Crippen molar-refractivity contribution in [3.8, 4) is 5.75 Å². The zero-order chi connectivity index (χ0) is 22.2. The smallest absolute Gasteiger partial charge is 0.262 e. The normalized spacial score (nSPS) is 10.3. The van der Waals surface area contributed by atoms with E-state index in [0.29, 0.717) is 28.9 Å². The average molecular weight is 426 g/mol. The van der Waals surface area contributed by atoms with Gasteiger partial charge in [-0.25, -0.2) is 15.0 Å². The number of carbonyl (C=O) groups is 1. The van der Waals surface area contributed by atoms with E-state index in [9.17, 15) is 4.79 Å². The predicted octanol–water partition coefficient (Wildman–Crippen LogP) is 4.68. The zero-order valence-electron chi connectivity index (χ0n) is 17.4. The molecule has 1 amide bonds. The lowest BCUT2D eigenvalue weighted by atomic mass is 10.2. The highest BCUT2D eigenvalue weighted by atomic mass is 16.5. The predicted molar refractivity (Wildman–Crippen MR) is 125 cm³/mol. The molecule has 4 aromatic rings. The molecule has 2 aromatic heterocycles. The minimum Gasteiger partial charge on any atom is -0.484 e. The number of amides is 1. The van der Waals surface area contributed by atoms with E-state index in [1.54, 1.807) is 36.5 Å². The first-order chi connectivity index (χ1) is 15.6. The second-order valence-corrected chi connectivity index (χ2v) is 6.98. The number of hydrogen-bond acceptors (Lipinski definition) is 7. The number of nitrogens with zero attached hydrogens (tertiary/aromatic N) is 3. The van der Waals surface area contributed by atoms with Crippen LogP contribution in [0.4, 0.5) is 28.8 Å². The Hall–Kier alpha value is -4.46. The van der Waals surface area contributed by atoms with E-state index in [1.807, 2.05) is 49.4 Å². The summed E-state index contributed by atoms with van der Waals surface area (Å²) in [6.45, 7) is 1.94. The van der Waals surface area contributed by atoms with E-state index in [2.05, 4.69) is 30.9 Å². The lowest BCUT2D eigenvalue weighted by molar-refractivity contribution is -0.118. The maximum absolute atomic E-state index is 12.1. The van der Waals surface area contributed by atoms with Gasteiger partial charge in [0, 0.05) is 23.6 Å². The van der Waals surface area contributed by atoms with E-state index in [-0.39, 0.29) is 12.5 Å². The molecule has 2 heterocycles. The first-order valence-electron chi connectivity index (χ1n) is 10.0. The fourth-order valence-corrected chi connectivity index (χ4v) is 2.88. The Morgan fingerprint density at radius 2 is 1.50 bits per heavy atom. The Labute approximate surface area is 185 Å². The Kier molecular flexibility index (Phi) is 6.52. The van der Waals surface area contributed by atoms with Gasteiger partial charge < -0.3 is 20.7 Å². The number of para-hydroxylation sites is 1. The van der Waals surface area contributed by atoms with Crippen LogP contribution in [0.1, 0.15) is 5.56 Å². The number of aryl methyl sites for hydroxylation is 1. The molecular formula is C24H22N6O2. The van der Waals surface area contributed by atoms with Gasteiger partial charge in [0.15, 0.2) is 6.61 Å². The summed E-state index contributed by atoms with van der Waals surface area (Å²) in [5.74, 6) is 2.39. The summed E-state index contributed by atoms with van der Waals surface area (Å²) in [6.07, 6.45) is 3.22. The average Bonchev–Trinajstić information content (AvgIpc) is 2.80. The van der Waals surface area contributed by atoms with Gasteiger partial charge in [-0.05, 0) is 61.0 Å². The molecule has 8 heteroatoms. The van der Waals surface area contributed by atoms with Crippen LogP contribution in [0.3, 0.4) is 0 Å². The van der Waals surface area contributed by atoms with Gasteiger partial charge in [0.1, 0.15) is 29.5 Å². The Bertz CT molecular complexity index is 1180. The molecule has 2 aromatic carbocycles. The third kappa shape index (κ3) is 6.02. The van der Waals surface area contributed by atoms with E-state index in [1.165, 1.54) is 6.33 Å². The molecule has 0 aliphatic heterocycles. The minimum atomic E-state index is -0.231. The van der Waals surface area contributed by atoms with Crippen molar-refractivity contribution < 1.29 is 9.53 Å². The maximum Gasteiger partial charge on any atom is 0.262 e. The van der Waals surface area contributed by atoms with Crippen LogP contribution in [0.2, 0.25) is 0 Å². The highest BCUT2D eigenvalue weighted by molar-refractivity contribution is 5.92. The van der Waals surface area contributed by atoms with Gasteiger partial charge in [-0.15, -0.1) is 0 Å². The molecule has 0 unspecified atom stereocenters. The first-order valence-corrected chi connectivity index (χ1v) is 10.0. The maximum atomic E-state index is 12.1. The molecule has 0 aliphatic rings. The molecule has 0 radical (unpaired) electrons. The number of benzene rings is 2. The van der Waals surface area contributed by atoms with Gasteiger partial charge in [-0.3, -0.25) is 4.79 Å². The number of pyridine rings is 1. The Morgan fingerprint density at radius 3 is 2.25 bits per heavy atom. The molecular weight excluding hydrogens is 404 g/mol. The molecule has 0 atom stereocenters. The number of nitrogens with one attached hydrogen (secondary N) is 3. The van der Waals surface area contributed by atoms with Crippen molar-refractivity contribution in [2.24, 2.45) is 0 Å². The summed E-state index contributed by atoms with van der Waals surface area (Å²) in [7, 11) is 0. The summed E-state index contributed by atoms with van der Waals surface area (Å²) in [5, 5.41) is 9.19. The van der Waals surface area contributed by atoms with Gasteiger partial charge >= 0.3 is 0 Å². The van der Waals surface area contributed by atoms with Crippen molar-refractivity contribution in [3.05, 3.63) is 90.9 Å². The summed E-state index contributed by atoms with van der Waals surface area (Å²) < 4.78 is 5.45. The third-order valence-corrected chi connectivity index (χ3v) is 4.39. The van der Waals surface area contributed by atoms with Crippen LogP contribution < -0.4 is 20.7 Å². The number of rotatable bonds is 8. The van der Waals surface area contributed by atoms with Crippen LogP contribution in [0.15, 0.2) is 85.3 Å². The lowest BCUT2D eigenvalue weighted by Crippen LogP contribution is -2.20. The molecule has 160 valence electrons. The van der Waals surface area contributed by atoms with Crippen LogP contribution in [0.5, 0.6) is 5.75 Å². The summed E-state index contributed by atoms with van der Waals surface area (Å²) in [4.78, 5) is 24.8. The molecule has 0 saturated heterocycles. The quantitative estimate of drug-likeness (QED) is 0.376. The van der Waals surface area contributed by atoms with Crippen LogP contribution in [0, 0.1) is 6.92 Å². The summed E-state index contributed by atoms with van der Waals surface area (Å²) >= 11 is 0. The van der Waals surface area contributed by atoms with Crippen molar-refractivity contribution in [3.63, 3.8) is 0 Å². The zero-order valence-corrected chi connectivity index (χ0v) is 17.4. The molecule has 4 rings (SSSR count). The van der Waals surface area contributed by atoms with Crippen LogP contribution in [0.25, 0.3) is 0 Å². The Balaban J connectivity index is 1.32.